The summed E-state index contributed by atoms with van der Waals surface area (Å²) < 4.78 is 20.9. The molecule has 164 valence electrons. The fraction of sp³-hybridized carbons (Fsp3) is 0.174. The van der Waals surface area contributed by atoms with Crippen molar-refractivity contribution < 1.29 is 14.0 Å². The Bertz CT molecular complexity index is 1450. The van der Waals surface area contributed by atoms with Gasteiger partial charge in [-0.25, -0.2) is 4.98 Å². The lowest BCUT2D eigenvalue weighted by Crippen LogP contribution is -2.10. The van der Waals surface area contributed by atoms with E-state index in [1.165, 1.54) is 0 Å². The lowest BCUT2D eigenvalue weighted by Gasteiger charge is -2.10. The minimum atomic E-state index is 0.263. The maximum atomic E-state index is 5.97. The molecule has 0 aliphatic carbocycles. The molecule has 3 aromatic heterocycles. The average molecular weight is 441 g/mol. The van der Waals surface area contributed by atoms with Gasteiger partial charge in [-0.3, -0.25) is 4.57 Å². The second kappa shape index (κ2) is 7.59. The Morgan fingerprint density at radius 3 is 2.73 bits per heavy atom. The number of ether oxygens (including phenoxy) is 2. The van der Waals surface area contributed by atoms with Gasteiger partial charge in [0.05, 0.1) is 25.0 Å². The molecule has 33 heavy (non-hydrogen) atoms. The maximum absolute atomic E-state index is 5.97. The SMILES string of the molecule is COc1ccc2c(c1)-c1nnc(COc3ccccc3)n1Cc1c(-c3nc(C)no3)ncn1-2. The number of rotatable bonds is 5. The molecule has 1 aliphatic heterocycles. The summed E-state index contributed by atoms with van der Waals surface area (Å²) in [6, 6.07) is 15.5. The third kappa shape index (κ3) is 3.23. The Balaban J connectivity index is 1.50. The monoisotopic (exact) mass is 441 g/mol. The summed E-state index contributed by atoms with van der Waals surface area (Å²) in [6.07, 6.45) is 1.76. The van der Waals surface area contributed by atoms with Crippen LogP contribution in [0.1, 0.15) is 17.3 Å². The fourth-order valence-electron chi connectivity index (χ4n) is 3.96. The summed E-state index contributed by atoms with van der Waals surface area (Å²) >= 11 is 0. The molecular weight excluding hydrogens is 422 g/mol. The van der Waals surface area contributed by atoms with E-state index >= 15 is 0 Å². The molecule has 10 heteroatoms. The van der Waals surface area contributed by atoms with Crippen LogP contribution in [0.5, 0.6) is 11.5 Å². The van der Waals surface area contributed by atoms with Gasteiger partial charge in [0.25, 0.3) is 5.89 Å². The molecule has 0 radical (unpaired) electrons. The summed E-state index contributed by atoms with van der Waals surface area (Å²) in [7, 11) is 1.64. The van der Waals surface area contributed by atoms with Crippen LogP contribution in [0.4, 0.5) is 0 Å². The Hall–Kier alpha value is -4.47. The van der Waals surface area contributed by atoms with Gasteiger partial charge in [0.2, 0.25) is 0 Å². The summed E-state index contributed by atoms with van der Waals surface area (Å²) in [5.74, 6) is 3.80. The molecule has 0 bridgehead atoms. The van der Waals surface area contributed by atoms with Crippen molar-refractivity contribution in [2.45, 2.75) is 20.1 Å². The lowest BCUT2D eigenvalue weighted by molar-refractivity contribution is 0.290. The second-order valence-electron chi connectivity index (χ2n) is 7.57. The lowest BCUT2D eigenvalue weighted by atomic mass is 10.1. The van der Waals surface area contributed by atoms with Crippen molar-refractivity contribution in [2.75, 3.05) is 7.11 Å². The molecule has 1 aliphatic rings. The average Bonchev–Trinajstić information content (AvgIpc) is 3.55. The zero-order chi connectivity index (χ0) is 22.4. The number of nitrogens with zero attached hydrogens (tertiary/aromatic N) is 7. The first-order chi connectivity index (χ1) is 16.2. The fourth-order valence-corrected chi connectivity index (χ4v) is 3.96. The van der Waals surface area contributed by atoms with E-state index in [1.807, 2.05) is 57.7 Å². The Labute approximate surface area is 188 Å². The standard InChI is InChI=1S/C23H19N7O3/c1-14-25-23(33-28-14)21-19-11-29-20(12-32-15-6-4-3-5-7-15)26-27-22(29)17-10-16(31-2)8-9-18(17)30(19)13-24-21/h3-10,13H,11-12H2,1-2H3. The quantitative estimate of drug-likeness (QED) is 0.401. The molecule has 0 fully saturated rings. The van der Waals surface area contributed by atoms with Crippen LogP contribution in [0, 0.1) is 6.92 Å². The van der Waals surface area contributed by atoms with E-state index in [4.69, 9.17) is 14.0 Å². The molecule has 0 amide bonds. The minimum Gasteiger partial charge on any atom is -0.497 e. The van der Waals surface area contributed by atoms with Crippen LogP contribution in [0.2, 0.25) is 0 Å². The van der Waals surface area contributed by atoms with Crippen LogP contribution in [-0.2, 0) is 13.2 Å². The van der Waals surface area contributed by atoms with Crippen LogP contribution >= 0.6 is 0 Å². The Morgan fingerprint density at radius 1 is 1.06 bits per heavy atom. The van der Waals surface area contributed by atoms with E-state index in [1.54, 1.807) is 20.4 Å². The summed E-state index contributed by atoms with van der Waals surface area (Å²) in [4.78, 5) is 8.97. The largest absolute Gasteiger partial charge is 0.497 e. The van der Waals surface area contributed by atoms with E-state index in [-0.39, 0.29) is 6.61 Å². The molecule has 5 aromatic rings. The molecule has 0 N–H and O–H groups in total. The highest BCUT2D eigenvalue weighted by Crippen LogP contribution is 2.36. The van der Waals surface area contributed by atoms with Gasteiger partial charge in [-0.2, -0.15) is 4.98 Å². The van der Waals surface area contributed by atoms with Crippen LogP contribution in [0.3, 0.4) is 0 Å². The first-order valence-corrected chi connectivity index (χ1v) is 10.4. The van der Waals surface area contributed by atoms with Crippen molar-refractivity contribution in [3.8, 4) is 40.2 Å². The second-order valence-corrected chi connectivity index (χ2v) is 7.57. The van der Waals surface area contributed by atoms with Crippen LogP contribution in [-0.4, -0.2) is 41.6 Å². The highest BCUT2D eigenvalue weighted by atomic mass is 16.5. The predicted molar refractivity (Wildman–Crippen MR) is 117 cm³/mol. The number of imidazole rings is 1. The maximum Gasteiger partial charge on any atom is 0.278 e. The summed E-state index contributed by atoms with van der Waals surface area (Å²) in [6.45, 7) is 2.49. The first kappa shape index (κ1) is 19.2. The molecule has 2 aromatic carbocycles. The van der Waals surface area contributed by atoms with E-state index in [0.29, 0.717) is 35.6 Å². The molecule has 0 saturated carbocycles. The zero-order valence-corrected chi connectivity index (χ0v) is 18.0. The van der Waals surface area contributed by atoms with Gasteiger partial charge in [0, 0.05) is 5.56 Å². The molecule has 6 rings (SSSR count). The van der Waals surface area contributed by atoms with E-state index in [0.717, 1.165) is 28.4 Å². The Kier molecular flexibility index (Phi) is 4.42. The minimum absolute atomic E-state index is 0.263. The smallest absolute Gasteiger partial charge is 0.278 e. The number of benzene rings is 2. The Morgan fingerprint density at radius 2 is 1.94 bits per heavy atom. The third-order valence-corrected chi connectivity index (χ3v) is 5.55. The molecule has 10 nitrogen and oxygen atoms in total. The summed E-state index contributed by atoms with van der Waals surface area (Å²) in [5.41, 5.74) is 3.28. The van der Waals surface area contributed by atoms with Gasteiger partial charge in [0.1, 0.15) is 24.4 Å². The van der Waals surface area contributed by atoms with Gasteiger partial charge in [-0.15, -0.1) is 10.2 Å². The number of hydrogen-bond acceptors (Lipinski definition) is 8. The third-order valence-electron chi connectivity index (χ3n) is 5.55. The van der Waals surface area contributed by atoms with Gasteiger partial charge in [-0.05, 0) is 37.3 Å². The first-order valence-electron chi connectivity index (χ1n) is 10.4. The van der Waals surface area contributed by atoms with Crippen molar-refractivity contribution in [3.05, 3.63) is 72.2 Å². The van der Waals surface area contributed by atoms with Crippen LogP contribution in [0.15, 0.2) is 59.4 Å². The van der Waals surface area contributed by atoms with Gasteiger partial charge in [0.15, 0.2) is 23.2 Å². The highest BCUT2D eigenvalue weighted by Gasteiger charge is 2.28. The number of hydrogen-bond donors (Lipinski definition) is 0. The van der Waals surface area contributed by atoms with Crippen molar-refractivity contribution in [1.82, 2.24) is 34.5 Å². The van der Waals surface area contributed by atoms with Gasteiger partial charge in [-0.1, -0.05) is 23.4 Å². The number of fused-ring (bicyclic) bond motifs is 5. The molecule has 0 unspecified atom stereocenters. The number of aromatic nitrogens is 7. The number of aryl methyl sites for hydroxylation is 1. The molecule has 0 spiro atoms. The van der Waals surface area contributed by atoms with E-state index in [9.17, 15) is 0 Å². The highest BCUT2D eigenvalue weighted by molar-refractivity contribution is 5.72. The molecular formula is C23H19N7O3. The van der Waals surface area contributed by atoms with Crippen molar-refractivity contribution in [1.29, 1.82) is 0 Å². The normalized spacial score (nSPS) is 11.9. The molecule has 0 saturated heterocycles. The van der Waals surface area contributed by atoms with E-state index < -0.39 is 0 Å². The summed E-state index contributed by atoms with van der Waals surface area (Å²) in [5, 5.41) is 12.9. The predicted octanol–water partition coefficient (Wildman–Crippen LogP) is 3.44. The van der Waals surface area contributed by atoms with Crippen molar-refractivity contribution in [2.24, 2.45) is 0 Å². The number of methoxy groups -OCH3 is 1. The van der Waals surface area contributed by atoms with Crippen LogP contribution < -0.4 is 9.47 Å². The molecule has 4 heterocycles. The van der Waals surface area contributed by atoms with E-state index in [2.05, 4.69) is 25.3 Å². The van der Waals surface area contributed by atoms with Crippen LogP contribution in [0.25, 0.3) is 28.7 Å². The topological polar surface area (TPSA) is 106 Å². The zero-order valence-electron chi connectivity index (χ0n) is 18.0. The number of para-hydroxylation sites is 1. The van der Waals surface area contributed by atoms with Crippen molar-refractivity contribution in [3.63, 3.8) is 0 Å². The van der Waals surface area contributed by atoms with Crippen molar-refractivity contribution >= 4 is 0 Å². The van der Waals surface area contributed by atoms with Gasteiger partial charge >= 0.3 is 0 Å². The van der Waals surface area contributed by atoms with Gasteiger partial charge < -0.3 is 18.6 Å². The molecule has 0 atom stereocenters.